The minimum Gasteiger partial charge on any atom is -0.409 e. The molecule has 0 aliphatic rings. The van der Waals surface area contributed by atoms with Crippen molar-refractivity contribution in [3.05, 3.63) is 24.9 Å². The first-order valence-corrected chi connectivity index (χ1v) is 6.14. The lowest BCUT2D eigenvalue weighted by Crippen LogP contribution is -2.30. The molecule has 4 heteroatoms. The molecule has 0 amide bonds. The van der Waals surface area contributed by atoms with Gasteiger partial charge in [0.05, 0.1) is 12.0 Å². The maximum absolute atomic E-state index is 4.25. The first-order valence-electron chi connectivity index (χ1n) is 6.14. The van der Waals surface area contributed by atoms with Crippen LogP contribution in [0.3, 0.4) is 0 Å². The van der Waals surface area contributed by atoms with Crippen molar-refractivity contribution in [3.8, 4) is 0 Å². The molecular weight excluding hydrogens is 209 g/mol. The van der Waals surface area contributed by atoms with Crippen molar-refractivity contribution in [3.63, 3.8) is 0 Å². The van der Waals surface area contributed by atoms with Crippen LogP contribution in [0.15, 0.2) is 34.9 Å². The number of hydrogen-bond acceptors (Lipinski definition) is 2. The monoisotopic (exact) mass is 233 g/mol. The van der Waals surface area contributed by atoms with Gasteiger partial charge in [-0.1, -0.05) is 33.4 Å². The summed E-state index contributed by atoms with van der Waals surface area (Å²) >= 11 is 0. The molecule has 0 saturated carbocycles. The Bertz CT molecular complexity index is 284. The van der Waals surface area contributed by atoms with E-state index in [4.69, 9.17) is 0 Å². The quantitative estimate of drug-likeness (QED) is 0.260. The van der Waals surface area contributed by atoms with Crippen LogP contribution in [-0.2, 0) is 0 Å². The summed E-state index contributed by atoms with van der Waals surface area (Å²) < 4.78 is 0. The van der Waals surface area contributed by atoms with E-state index in [1.165, 1.54) is 6.42 Å². The molecule has 17 heavy (non-hydrogen) atoms. The molecule has 0 aromatic heterocycles. The zero-order valence-electron chi connectivity index (χ0n) is 11.4. The van der Waals surface area contributed by atoms with Crippen LogP contribution >= 0.6 is 0 Å². The fourth-order valence-corrected chi connectivity index (χ4v) is 1.29. The predicted molar refractivity (Wildman–Crippen MR) is 80.4 cm³/mol. The first-order chi connectivity index (χ1) is 8.13. The maximum atomic E-state index is 4.25. The summed E-state index contributed by atoms with van der Waals surface area (Å²) in [7, 11) is 2.81. The second-order valence-corrected chi connectivity index (χ2v) is 4.18. The molecular formula is C13H24BN3. The number of aliphatic imine (C=N–C) groups is 2. The molecule has 0 aliphatic heterocycles. The van der Waals surface area contributed by atoms with Crippen LogP contribution in [0.1, 0.15) is 26.7 Å². The molecule has 0 rings (SSSR count). The maximum Gasteiger partial charge on any atom is 0.240 e. The van der Waals surface area contributed by atoms with Crippen LogP contribution in [0, 0.1) is 0 Å². The second-order valence-electron chi connectivity index (χ2n) is 4.18. The van der Waals surface area contributed by atoms with E-state index in [9.17, 15) is 0 Å². The van der Waals surface area contributed by atoms with Crippen LogP contribution in [0.5, 0.6) is 0 Å². The molecule has 0 heterocycles. The van der Waals surface area contributed by atoms with Gasteiger partial charge in [0.2, 0.25) is 7.41 Å². The summed E-state index contributed by atoms with van der Waals surface area (Å²) in [5.74, 6) is 0.664. The van der Waals surface area contributed by atoms with Crippen molar-refractivity contribution >= 4 is 20.0 Å². The van der Waals surface area contributed by atoms with Crippen LogP contribution in [-0.4, -0.2) is 38.4 Å². The largest absolute Gasteiger partial charge is 0.409 e. The lowest BCUT2D eigenvalue weighted by Gasteiger charge is -2.20. The third-order valence-electron chi connectivity index (χ3n) is 2.59. The highest BCUT2D eigenvalue weighted by Gasteiger charge is 2.07. The van der Waals surface area contributed by atoms with E-state index in [0.717, 1.165) is 20.4 Å². The summed E-state index contributed by atoms with van der Waals surface area (Å²) in [6, 6.07) is 0. The average Bonchev–Trinajstić information content (AvgIpc) is 2.35. The van der Waals surface area contributed by atoms with Crippen LogP contribution in [0.25, 0.3) is 0 Å². The number of nitrogens with zero attached hydrogens (tertiary/aromatic N) is 3. The summed E-state index contributed by atoms with van der Waals surface area (Å²) in [6.07, 6.45) is 7.57. The van der Waals surface area contributed by atoms with Crippen molar-refractivity contribution in [2.45, 2.75) is 32.5 Å². The fourth-order valence-electron chi connectivity index (χ4n) is 1.29. The highest BCUT2D eigenvalue weighted by molar-refractivity contribution is 6.37. The molecule has 0 bridgehead atoms. The predicted octanol–water partition coefficient (Wildman–Crippen LogP) is 2.68. The highest BCUT2D eigenvalue weighted by atomic mass is 15.1. The van der Waals surface area contributed by atoms with Crippen LogP contribution < -0.4 is 0 Å². The van der Waals surface area contributed by atoms with Crippen molar-refractivity contribution in [2.75, 3.05) is 13.6 Å². The Hall–Kier alpha value is -1.32. The minimum absolute atomic E-state index is 0.664. The van der Waals surface area contributed by atoms with Gasteiger partial charge in [0.1, 0.15) is 0 Å². The molecule has 1 unspecified atom stereocenters. The Kier molecular flexibility index (Phi) is 9.11. The van der Waals surface area contributed by atoms with Gasteiger partial charge in [-0.25, -0.2) is 4.99 Å². The third kappa shape index (κ3) is 8.49. The first kappa shape index (κ1) is 15.7. The molecule has 94 valence electrons. The van der Waals surface area contributed by atoms with E-state index in [1.54, 1.807) is 13.1 Å². The van der Waals surface area contributed by atoms with Gasteiger partial charge in [-0.2, -0.15) is 0 Å². The van der Waals surface area contributed by atoms with Gasteiger partial charge in [-0.05, 0) is 18.3 Å². The van der Waals surface area contributed by atoms with Gasteiger partial charge in [-0.3, -0.25) is 0 Å². The van der Waals surface area contributed by atoms with E-state index >= 15 is 0 Å². The second kappa shape index (κ2) is 9.88. The van der Waals surface area contributed by atoms with Crippen molar-refractivity contribution in [1.29, 1.82) is 0 Å². The van der Waals surface area contributed by atoms with E-state index < -0.39 is 0 Å². The van der Waals surface area contributed by atoms with E-state index in [-0.39, 0.29) is 0 Å². The normalized spacial score (nSPS) is 12.9. The molecule has 0 fully saturated rings. The standard InChI is InChI=1S/C13H24BN3/c1-6-12(3)14-17(10-8-9-15-5)11-16-13(4)7-2/h7,9,11-12,14H,2,4,6,8,10H2,1,3,5H3/b15-9-,16-11-. The van der Waals surface area contributed by atoms with Crippen molar-refractivity contribution in [2.24, 2.45) is 9.98 Å². The Morgan fingerprint density at radius 1 is 1.53 bits per heavy atom. The fraction of sp³-hybridized carbons (Fsp3) is 0.538. The van der Waals surface area contributed by atoms with Gasteiger partial charge < -0.3 is 9.80 Å². The number of rotatable bonds is 9. The molecule has 0 N–H and O–H groups in total. The molecule has 1 atom stereocenters. The van der Waals surface area contributed by atoms with Gasteiger partial charge in [0, 0.05) is 19.8 Å². The van der Waals surface area contributed by atoms with Crippen LogP contribution in [0.2, 0.25) is 5.82 Å². The van der Waals surface area contributed by atoms with Gasteiger partial charge in [0.25, 0.3) is 0 Å². The number of hydrogen-bond donors (Lipinski definition) is 0. The molecule has 0 saturated heterocycles. The van der Waals surface area contributed by atoms with Gasteiger partial charge >= 0.3 is 0 Å². The Balaban J connectivity index is 4.32. The minimum atomic E-state index is 0.664. The Morgan fingerprint density at radius 3 is 2.76 bits per heavy atom. The van der Waals surface area contributed by atoms with E-state index in [2.05, 4.69) is 41.8 Å². The third-order valence-corrected chi connectivity index (χ3v) is 2.59. The summed E-state index contributed by atoms with van der Waals surface area (Å²) in [4.78, 5) is 10.5. The highest BCUT2D eigenvalue weighted by Crippen LogP contribution is 2.07. The average molecular weight is 233 g/mol. The zero-order valence-corrected chi connectivity index (χ0v) is 11.4. The lowest BCUT2D eigenvalue weighted by molar-refractivity contribution is 0.649. The van der Waals surface area contributed by atoms with Crippen molar-refractivity contribution in [1.82, 2.24) is 4.81 Å². The topological polar surface area (TPSA) is 28.0 Å². The summed E-state index contributed by atoms with van der Waals surface area (Å²) in [5, 5.41) is 0. The van der Waals surface area contributed by atoms with Crippen molar-refractivity contribution < 1.29 is 0 Å². The molecule has 0 aromatic rings. The lowest BCUT2D eigenvalue weighted by atomic mass is 9.73. The summed E-state index contributed by atoms with van der Waals surface area (Å²) in [6.45, 7) is 12.8. The van der Waals surface area contributed by atoms with E-state index in [1.807, 2.05) is 12.6 Å². The Morgan fingerprint density at radius 2 is 2.24 bits per heavy atom. The molecule has 0 radical (unpaired) electrons. The van der Waals surface area contributed by atoms with Crippen LogP contribution in [0.4, 0.5) is 0 Å². The van der Waals surface area contributed by atoms with Gasteiger partial charge in [-0.15, -0.1) is 0 Å². The smallest absolute Gasteiger partial charge is 0.240 e. The summed E-state index contributed by atoms with van der Waals surface area (Å²) in [5.41, 5.74) is 0.698. The molecule has 0 spiro atoms. The SMILES string of the molecule is C=CC(=C)/N=C\N(BC(C)CC)CC/C=N\C. The Labute approximate surface area is 106 Å². The van der Waals surface area contributed by atoms with Gasteiger partial charge in [0.15, 0.2) is 0 Å². The van der Waals surface area contributed by atoms with E-state index in [0.29, 0.717) is 11.5 Å². The zero-order chi connectivity index (χ0) is 13.1. The number of allylic oxidation sites excluding steroid dienone is 1. The molecule has 3 nitrogen and oxygen atoms in total. The molecule has 0 aliphatic carbocycles. The molecule has 0 aromatic carbocycles.